The van der Waals surface area contributed by atoms with Crippen LogP contribution in [0.4, 0.5) is 21.2 Å². The second kappa shape index (κ2) is 13.2. The summed E-state index contributed by atoms with van der Waals surface area (Å²) in [7, 11) is -3.49. The van der Waals surface area contributed by atoms with Gasteiger partial charge in [-0.15, -0.1) is 0 Å². The molecule has 0 bridgehead atoms. The number of amides is 3. The van der Waals surface area contributed by atoms with E-state index in [9.17, 15) is 19.5 Å². The van der Waals surface area contributed by atoms with Gasteiger partial charge in [-0.3, -0.25) is 19.3 Å². The van der Waals surface area contributed by atoms with Crippen molar-refractivity contribution >= 4 is 43.7 Å². The third-order valence-electron chi connectivity index (χ3n) is 10.8. The molecule has 1 saturated heterocycles. The molecule has 3 aliphatic heterocycles. The highest BCUT2D eigenvalue weighted by Crippen LogP contribution is 2.60. The molecule has 3 amide bonds. The van der Waals surface area contributed by atoms with Crippen LogP contribution in [0.15, 0.2) is 103 Å². The van der Waals surface area contributed by atoms with Gasteiger partial charge >= 0.3 is 0 Å². The maximum absolute atomic E-state index is 16.4. The zero-order chi connectivity index (χ0) is 35.2. The minimum absolute atomic E-state index is 0.0820. The van der Waals surface area contributed by atoms with Crippen LogP contribution in [0.2, 0.25) is 18.6 Å². The van der Waals surface area contributed by atoms with Crippen LogP contribution in [0.5, 0.6) is 0 Å². The monoisotopic (exact) mass is 691 g/mol. The Morgan fingerprint density at radius 1 is 0.960 bits per heavy atom. The summed E-state index contributed by atoms with van der Waals surface area (Å²) >= 11 is 0. The van der Waals surface area contributed by atoms with Gasteiger partial charge in [0.05, 0.1) is 37.4 Å². The van der Waals surface area contributed by atoms with Crippen molar-refractivity contribution in [1.82, 2.24) is 4.90 Å². The molecule has 1 fully saturated rings. The second-order valence-electron chi connectivity index (χ2n) is 14.2. The van der Waals surface area contributed by atoms with Crippen LogP contribution in [0.25, 0.3) is 0 Å². The molecule has 0 aromatic heterocycles. The number of nitrogens with zero attached hydrogens (tertiary/aromatic N) is 3. The number of para-hydroxylation sites is 2. The molecular formula is C40H42FN3O5Si. The summed E-state index contributed by atoms with van der Waals surface area (Å²) in [5.74, 6) is -1.02. The van der Waals surface area contributed by atoms with Crippen molar-refractivity contribution in [2.24, 2.45) is 5.92 Å². The Morgan fingerprint density at radius 3 is 2.28 bits per heavy atom. The van der Waals surface area contributed by atoms with Crippen molar-refractivity contribution in [3.05, 3.63) is 125 Å². The molecule has 3 aliphatic rings. The summed E-state index contributed by atoms with van der Waals surface area (Å²) in [5, 5.41) is 10.2. The Balaban J connectivity index is 1.17. The van der Waals surface area contributed by atoms with E-state index in [1.54, 1.807) is 27.8 Å². The number of benzene rings is 4. The molecule has 50 heavy (non-hydrogen) atoms. The number of hydrogen-bond donors (Lipinski definition) is 1. The first kappa shape index (κ1) is 33.8. The number of halogens is 1. The molecule has 0 radical (unpaired) electrons. The lowest BCUT2D eigenvalue weighted by Gasteiger charge is -2.37. The topological polar surface area (TPSA) is 90.4 Å². The van der Waals surface area contributed by atoms with Crippen molar-refractivity contribution in [2.45, 2.75) is 69.2 Å². The Labute approximate surface area is 293 Å². The van der Waals surface area contributed by atoms with Crippen molar-refractivity contribution < 1.29 is 28.3 Å². The summed E-state index contributed by atoms with van der Waals surface area (Å²) in [5.41, 5.74) is 3.73. The van der Waals surface area contributed by atoms with Gasteiger partial charge in [0.15, 0.2) is 5.60 Å². The molecule has 1 N–H and O–H groups in total. The summed E-state index contributed by atoms with van der Waals surface area (Å²) in [6.07, 6.45) is 0.415. The number of rotatable bonds is 9. The number of anilines is 3. The van der Waals surface area contributed by atoms with Crippen LogP contribution in [0.3, 0.4) is 0 Å². The molecule has 8 nitrogen and oxygen atoms in total. The summed E-state index contributed by atoms with van der Waals surface area (Å²) in [4.78, 5) is 45.7. The zero-order valence-corrected chi connectivity index (χ0v) is 29.5. The Morgan fingerprint density at radius 2 is 1.60 bits per heavy atom. The Bertz CT molecular complexity index is 1900. The summed E-state index contributed by atoms with van der Waals surface area (Å²) < 4.78 is 23.2. The molecule has 3 heterocycles. The van der Waals surface area contributed by atoms with E-state index in [1.807, 2.05) is 110 Å². The largest absolute Gasteiger partial charge is 0.394 e. The molecular weight excluding hydrogens is 650 g/mol. The van der Waals surface area contributed by atoms with Crippen LogP contribution in [0, 0.1) is 5.92 Å². The number of hydrogen-bond acceptors (Lipinski definition) is 5. The fourth-order valence-corrected chi connectivity index (χ4v) is 11.0. The van der Waals surface area contributed by atoms with Gasteiger partial charge in [0.1, 0.15) is 0 Å². The van der Waals surface area contributed by atoms with Crippen molar-refractivity contribution in [3.63, 3.8) is 0 Å². The van der Waals surface area contributed by atoms with E-state index in [2.05, 4.69) is 0 Å². The number of fused-ring (bicyclic) bond motifs is 3. The molecule has 7 rings (SSSR count). The second-order valence-corrected chi connectivity index (χ2v) is 18.0. The molecule has 0 aliphatic carbocycles. The van der Waals surface area contributed by atoms with E-state index in [1.165, 1.54) is 0 Å². The quantitative estimate of drug-likeness (QED) is 0.121. The maximum Gasteiger partial charge on any atom is 0.264 e. The van der Waals surface area contributed by atoms with Crippen molar-refractivity contribution in [2.75, 3.05) is 16.4 Å². The van der Waals surface area contributed by atoms with Gasteiger partial charge < -0.3 is 23.8 Å². The molecule has 0 unspecified atom stereocenters. The minimum Gasteiger partial charge on any atom is -0.394 e. The first-order valence-corrected chi connectivity index (χ1v) is 20.2. The van der Waals surface area contributed by atoms with E-state index in [4.69, 9.17) is 4.74 Å². The molecule has 1 spiro atoms. The van der Waals surface area contributed by atoms with E-state index < -0.39 is 31.6 Å². The van der Waals surface area contributed by atoms with Crippen LogP contribution in [-0.4, -0.2) is 55.4 Å². The lowest BCUT2D eigenvalue weighted by atomic mass is 9.82. The third-order valence-corrected chi connectivity index (χ3v) is 13.3. The van der Waals surface area contributed by atoms with Crippen LogP contribution in [-0.2, 0) is 44.2 Å². The highest BCUT2D eigenvalue weighted by Gasteiger charge is 2.67. The Kier molecular flexibility index (Phi) is 8.96. The van der Waals surface area contributed by atoms with E-state index >= 15 is 4.11 Å². The predicted octanol–water partition coefficient (Wildman–Crippen LogP) is 6.64. The number of aliphatic hydroxyl groups excluding tert-OH is 1. The van der Waals surface area contributed by atoms with Gasteiger partial charge in [-0.05, 0) is 66.5 Å². The van der Waals surface area contributed by atoms with Gasteiger partial charge in [-0.1, -0.05) is 79.7 Å². The summed E-state index contributed by atoms with van der Waals surface area (Å²) in [6.45, 7) is 5.58. The molecule has 10 heteroatoms. The third kappa shape index (κ3) is 5.75. The van der Waals surface area contributed by atoms with E-state index in [0.29, 0.717) is 29.9 Å². The van der Waals surface area contributed by atoms with Gasteiger partial charge in [0.2, 0.25) is 20.7 Å². The molecule has 258 valence electrons. The fourth-order valence-electron chi connectivity index (χ4n) is 8.49. The average molecular weight is 692 g/mol. The fraction of sp³-hybridized carbons (Fsp3) is 0.325. The van der Waals surface area contributed by atoms with Crippen molar-refractivity contribution in [3.8, 4) is 0 Å². The van der Waals surface area contributed by atoms with Crippen LogP contribution in [0.1, 0.15) is 35.6 Å². The van der Waals surface area contributed by atoms with E-state index in [0.717, 1.165) is 28.8 Å². The molecule has 0 saturated carbocycles. The lowest BCUT2D eigenvalue weighted by molar-refractivity contribution is -0.151. The van der Waals surface area contributed by atoms with Gasteiger partial charge in [-0.2, -0.15) is 0 Å². The smallest absolute Gasteiger partial charge is 0.264 e. The molecule has 5 atom stereocenters. The standard InChI is InChI=1S/C40H42FN3O5Si/c1-27-38(50(2,3)41)36(22-37(47)42-24-30-12-8-7-11-29(30)21-33(42)25-45)49-40(27)34-15-9-10-16-35(34)43(39(40)48)23-28-17-19-32(20-18-28)44(26-46)31-13-5-4-6-14-31/h4-20,26-27,33,36,38,45H,21-25H2,1-3H3/t27-,33-,36+,38-,40+/m0/s1. The maximum atomic E-state index is 16.4. The minimum atomic E-state index is -3.49. The highest BCUT2D eigenvalue weighted by atomic mass is 28.4. The lowest BCUT2D eigenvalue weighted by Crippen LogP contribution is -2.48. The molecule has 4 aromatic rings. The predicted molar refractivity (Wildman–Crippen MR) is 193 cm³/mol. The van der Waals surface area contributed by atoms with Crippen molar-refractivity contribution in [1.29, 1.82) is 0 Å². The van der Waals surface area contributed by atoms with Gasteiger partial charge in [-0.25, -0.2) is 0 Å². The van der Waals surface area contributed by atoms with Crippen LogP contribution < -0.4 is 9.80 Å². The first-order chi connectivity index (χ1) is 24.1. The normalized spacial score (nSPS) is 24.3. The van der Waals surface area contributed by atoms with Gasteiger partial charge in [0, 0.05) is 34.9 Å². The summed E-state index contributed by atoms with van der Waals surface area (Å²) in [6, 6.07) is 31.9. The zero-order valence-electron chi connectivity index (χ0n) is 28.5. The first-order valence-electron chi connectivity index (χ1n) is 17.2. The number of aliphatic hydroxyl groups is 1. The van der Waals surface area contributed by atoms with Crippen LogP contribution >= 0.6 is 0 Å². The Hall–Kier alpha value is -4.64. The highest BCUT2D eigenvalue weighted by molar-refractivity contribution is 6.72. The molecule has 4 aromatic carbocycles. The van der Waals surface area contributed by atoms with Gasteiger partial charge in [0.25, 0.3) is 5.91 Å². The number of ether oxygens (including phenoxy) is 1. The SMILES string of the molecule is C[C@H]1[C@H]([Si](C)(C)F)[C@@H](CC(=O)N2Cc3ccccc3C[C@H]2CO)O[C@]12C(=O)N(Cc1ccc(N(C=O)c3ccccc3)cc1)c1ccccc12. The number of carbonyl (C=O) groups excluding carboxylic acids is 3. The average Bonchev–Trinajstić information content (AvgIpc) is 3.55. The van der Waals surface area contributed by atoms with E-state index in [-0.39, 0.29) is 37.4 Å². The number of carbonyl (C=O) groups is 3.